The van der Waals surface area contributed by atoms with Crippen molar-refractivity contribution in [3.8, 4) is 0 Å². The lowest BCUT2D eigenvalue weighted by molar-refractivity contribution is 0.941. The fourth-order valence-electron chi connectivity index (χ4n) is 1.78. The van der Waals surface area contributed by atoms with Crippen molar-refractivity contribution >= 4 is 23.0 Å². The summed E-state index contributed by atoms with van der Waals surface area (Å²) in [5.74, 6) is 7.48. The van der Waals surface area contributed by atoms with Gasteiger partial charge in [0.1, 0.15) is 17.5 Å². The normalized spacial score (nSPS) is 10.2. The third-order valence-electron chi connectivity index (χ3n) is 2.89. The molecule has 0 radical (unpaired) electrons. The number of rotatable bonds is 5. The Bertz CT molecular complexity index is 542. The predicted octanol–water partition coefficient (Wildman–Crippen LogP) is 2.13. The molecule has 106 valence electrons. The molecule has 6 heteroatoms. The number of nitrogens with one attached hydrogen (secondary N) is 2. The van der Waals surface area contributed by atoms with Crippen LogP contribution in [-0.2, 0) is 6.42 Å². The molecule has 0 spiro atoms. The zero-order valence-electron chi connectivity index (χ0n) is 12.0. The number of hydrogen-bond acceptors (Lipinski definition) is 6. The van der Waals surface area contributed by atoms with E-state index in [9.17, 15) is 0 Å². The van der Waals surface area contributed by atoms with Crippen LogP contribution in [0.25, 0.3) is 0 Å². The van der Waals surface area contributed by atoms with Gasteiger partial charge in [-0.3, -0.25) is 0 Å². The van der Waals surface area contributed by atoms with Crippen molar-refractivity contribution in [3.63, 3.8) is 0 Å². The summed E-state index contributed by atoms with van der Waals surface area (Å²) in [7, 11) is 4.03. The van der Waals surface area contributed by atoms with Gasteiger partial charge in [-0.15, -0.1) is 0 Å². The highest BCUT2D eigenvalue weighted by Crippen LogP contribution is 2.20. The molecule has 0 aliphatic carbocycles. The number of aromatic nitrogens is 2. The number of nitrogens with two attached hydrogens (primary N) is 1. The van der Waals surface area contributed by atoms with Crippen LogP contribution in [0.1, 0.15) is 12.7 Å². The van der Waals surface area contributed by atoms with Crippen LogP contribution in [0.15, 0.2) is 30.3 Å². The molecule has 0 aliphatic rings. The van der Waals surface area contributed by atoms with Gasteiger partial charge in [0.15, 0.2) is 0 Å². The first-order chi connectivity index (χ1) is 9.62. The van der Waals surface area contributed by atoms with E-state index in [1.165, 1.54) is 0 Å². The minimum absolute atomic E-state index is 0.601. The van der Waals surface area contributed by atoms with Gasteiger partial charge in [0.25, 0.3) is 0 Å². The van der Waals surface area contributed by atoms with Gasteiger partial charge in [0.2, 0.25) is 0 Å². The summed E-state index contributed by atoms with van der Waals surface area (Å²) in [5, 5.41) is 3.25. The van der Waals surface area contributed by atoms with Crippen molar-refractivity contribution in [1.29, 1.82) is 0 Å². The van der Waals surface area contributed by atoms with Gasteiger partial charge < -0.3 is 15.6 Å². The van der Waals surface area contributed by atoms with Gasteiger partial charge in [-0.25, -0.2) is 15.8 Å². The quantitative estimate of drug-likeness (QED) is 0.571. The summed E-state index contributed by atoms with van der Waals surface area (Å²) in [5.41, 5.74) is 4.68. The Balaban J connectivity index is 2.20. The zero-order valence-corrected chi connectivity index (χ0v) is 12.0. The Kier molecular flexibility index (Phi) is 4.37. The van der Waals surface area contributed by atoms with E-state index in [-0.39, 0.29) is 0 Å². The van der Waals surface area contributed by atoms with Crippen LogP contribution in [0.4, 0.5) is 23.0 Å². The Morgan fingerprint density at radius 2 is 1.75 bits per heavy atom. The molecule has 0 amide bonds. The molecule has 1 aromatic carbocycles. The summed E-state index contributed by atoms with van der Waals surface area (Å²) >= 11 is 0. The van der Waals surface area contributed by atoms with Crippen molar-refractivity contribution in [3.05, 3.63) is 36.2 Å². The van der Waals surface area contributed by atoms with E-state index in [4.69, 9.17) is 5.84 Å². The van der Waals surface area contributed by atoms with Crippen molar-refractivity contribution in [2.24, 2.45) is 5.84 Å². The van der Waals surface area contributed by atoms with Crippen LogP contribution in [0.5, 0.6) is 0 Å². The molecule has 0 fully saturated rings. The average Bonchev–Trinajstić information content (AvgIpc) is 2.47. The molecule has 0 saturated heterocycles. The van der Waals surface area contributed by atoms with Gasteiger partial charge in [-0.05, 0) is 24.3 Å². The molecule has 1 heterocycles. The first-order valence-corrected chi connectivity index (χ1v) is 6.51. The van der Waals surface area contributed by atoms with E-state index in [1.54, 1.807) is 6.07 Å². The molecule has 0 bridgehead atoms. The third kappa shape index (κ3) is 3.36. The molecule has 0 unspecified atom stereocenters. The second-order valence-electron chi connectivity index (χ2n) is 4.62. The van der Waals surface area contributed by atoms with Gasteiger partial charge in [-0.2, -0.15) is 0 Å². The van der Waals surface area contributed by atoms with Gasteiger partial charge in [-0.1, -0.05) is 6.92 Å². The number of nitrogen functional groups attached to an aromatic ring is 1. The smallest absolute Gasteiger partial charge is 0.145 e. The van der Waals surface area contributed by atoms with Gasteiger partial charge >= 0.3 is 0 Å². The van der Waals surface area contributed by atoms with Crippen molar-refractivity contribution in [2.75, 3.05) is 29.7 Å². The Morgan fingerprint density at radius 3 is 2.30 bits per heavy atom. The molecule has 2 rings (SSSR count). The second kappa shape index (κ2) is 6.21. The highest BCUT2D eigenvalue weighted by Gasteiger charge is 2.03. The molecule has 2 aromatic rings. The van der Waals surface area contributed by atoms with E-state index in [0.717, 1.165) is 29.4 Å². The highest BCUT2D eigenvalue weighted by molar-refractivity contribution is 5.62. The summed E-state index contributed by atoms with van der Waals surface area (Å²) in [4.78, 5) is 10.7. The second-order valence-corrected chi connectivity index (χ2v) is 4.62. The van der Waals surface area contributed by atoms with Crippen LogP contribution in [0, 0.1) is 0 Å². The predicted molar refractivity (Wildman–Crippen MR) is 83.3 cm³/mol. The largest absolute Gasteiger partial charge is 0.378 e. The van der Waals surface area contributed by atoms with Crippen LogP contribution in [-0.4, -0.2) is 24.1 Å². The molecular weight excluding hydrogens is 252 g/mol. The van der Waals surface area contributed by atoms with E-state index < -0.39 is 0 Å². The van der Waals surface area contributed by atoms with Crippen LogP contribution in [0.3, 0.4) is 0 Å². The van der Waals surface area contributed by atoms with Crippen LogP contribution < -0.4 is 21.5 Å². The molecule has 0 saturated carbocycles. The minimum Gasteiger partial charge on any atom is -0.378 e. The molecular formula is C14H20N6. The molecule has 6 nitrogen and oxygen atoms in total. The lowest BCUT2D eigenvalue weighted by Crippen LogP contribution is -2.11. The molecule has 1 aromatic heterocycles. The SMILES string of the molecule is CCc1nc(NN)cc(Nc2ccc(N(C)C)cc2)n1. The fourth-order valence-corrected chi connectivity index (χ4v) is 1.78. The topological polar surface area (TPSA) is 79.1 Å². The number of hydrogen-bond donors (Lipinski definition) is 3. The van der Waals surface area contributed by atoms with Crippen molar-refractivity contribution < 1.29 is 0 Å². The monoisotopic (exact) mass is 272 g/mol. The van der Waals surface area contributed by atoms with Gasteiger partial charge in [0, 0.05) is 38.0 Å². The van der Waals surface area contributed by atoms with E-state index in [1.807, 2.05) is 45.3 Å². The molecule has 0 atom stereocenters. The number of nitrogens with zero attached hydrogens (tertiary/aromatic N) is 3. The zero-order chi connectivity index (χ0) is 14.5. The maximum absolute atomic E-state index is 5.42. The van der Waals surface area contributed by atoms with Gasteiger partial charge in [0.05, 0.1) is 0 Å². The first-order valence-electron chi connectivity index (χ1n) is 6.51. The maximum atomic E-state index is 5.42. The van der Waals surface area contributed by atoms with Crippen LogP contribution >= 0.6 is 0 Å². The highest BCUT2D eigenvalue weighted by atomic mass is 15.3. The van der Waals surface area contributed by atoms with E-state index >= 15 is 0 Å². The molecule has 4 N–H and O–H groups in total. The first kappa shape index (κ1) is 14.1. The number of anilines is 4. The third-order valence-corrected chi connectivity index (χ3v) is 2.89. The standard InChI is InChI=1S/C14H20N6/c1-4-12-17-13(9-14(18-12)19-15)16-10-5-7-11(8-6-10)20(2)3/h5-9H,4,15H2,1-3H3,(H2,16,17,18,19). The summed E-state index contributed by atoms with van der Waals surface area (Å²) in [6, 6.07) is 9.90. The Hall–Kier alpha value is -2.34. The number of benzene rings is 1. The van der Waals surface area contributed by atoms with E-state index in [0.29, 0.717) is 5.82 Å². The number of hydrazine groups is 1. The minimum atomic E-state index is 0.601. The number of aryl methyl sites for hydroxylation is 1. The maximum Gasteiger partial charge on any atom is 0.145 e. The van der Waals surface area contributed by atoms with Crippen LogP contribution in [0.2, 0.25) is 0 Å². The molecule has 0 aliphatic heterocycles. The lowest BCUT2D eigenvalue weighted by atomic mass is 10.2. The Labute approximate surface area is 119 Å². The fraction of sp³-hybridized carbons (Fsp3) is 0.286. The Morgan fingerprint density at radius 1 is 1.10 bits per heavy atom. The average molecular weight is 272 g/mol. The summed E-state index contributed by atoms with van der Waals surface area (Å²) in [6.45, 7) is 2.01. The lowest BCUT2D eigenvalue weighted by Gasteiger charge is -2.13. The summed E-state index contributed by atoms with van der Waals surface area (Å²) < 4.78 is 0. The van der Waals surface area contributed by atoms with E-state index in [2.05, 4.69) is 25.6 Å². The van der Waals surface area contributed by atoms with Crippen molar-refractivity contribution in [2.45, 2.75) is 13.3 Å². The molecule has 20 heavy (non-hydrogen) atoms. The van der Waals surface area contributed by atoms with Crippen molar-refractivity contribution in [1.82, 2.24) is 9.97 Å². The summed E-state index contributed by atoms with van der Waals surface area (Å²) in [6.07, 6.45) is 0.754.